The van der Waals surface area contributed by atoms with E-state index in [-0.39, 0.29) is 0 Å². The minimum Gasteiger partial charge on any atom is -0.0810 e. The van der Waals surface area contributed by atoms with Gasteiger partial charge in [0.05, 0.1) is 0 Å². The largest absolute Gasteiger partial charge is 0.0810 e. The van der Waals surface area contributed by atoms with Crippen LogP contribution >= 0.6 is 0 Å². The molecule has 0 bridgehead atoms. The Hall–Kier alpha value is -0.520. The third-order valence-electron chi connectivity index (χ3n) is 2.25. The monoisotopic (exact) mass is 150 g/mol. The topological polar surface area (TPSA) is 0 Å². The standard InChI is InChI=1S/C11H18/c1-3-6-11-8-5-7-10(4-2)9-11/h8-9H,3-7H2,1-2H3. The average Bonchev–Trinajstić information content (AvgIpc) is 2.06. The molecule has 0 atom stereocenters. The molecule has 0 radical (unpaired) electrons. The molecule has 0 spiro atoms. The van der Waals surface area contributed by atoms with Crippen molar-refractivity contribution in [2.24, 2.45) is 0 Å². The predicted molar refractivity (Wildman–Crippen MR) is 50.6 cm³/mol. The van der Waals surface area contributed by atoms with E-state index in [9.17, 15) is 0 Å². The van der Waals surface area contributed by atoms with Crippen LogP contribution in [0.15, 0.2) is 23.3 Å². The van der Waals surface area contributed by atoms with E-state index in [1.807, 2.05) is 0 Å². The molecule has 0 aliphatic heterocycles. The molecular weight excluding hydrogens is 132 g/mol. The van der Waals surface area contributed by atoms with Crippen LogP contribution in [0.25, 0.3) is 0 Å². The first-order valence-corrected chi connectivity index (χ1v) is 4.75. The van der Waals surface area contributed by atoms with Gasteiger partial charge >= 0.3 is 0 Å². The maximum Gasteiger partial charge on any atom is -0.0282 e. The molecule has 0 aromatic rings. The third kappa shape index (κ3) is 2.53. The van der Waals surface area contributed by atoms with Crippen molar-refractivity contribution in [1.29, 1.82) is 0 Å². The second-order valence-corrected chi connectivity index (χ2v) is 3.22. The first kappa shape index (κ1) is 8.58. The Balaban J connectivity index is 2.53. The fraction of sp³-hybridized carbons (Fsp3) is 0.636. The summed E-state index contributed by atoms with van der Waals surface area (Å²) < 4.78 is 0. The Labute approximate surface area is 70.0 Å². The van der Waals surface area contributed by atoms with E-state index in [1.54, 1.807) is 11.1 Å². The minimum absolute atomic E-state index is 1.24. The van der Waals surface area contributed by atoms with Crippen LogP contribution in [-0.4, -0.2) is 0 Å². The molecule has 1 aliphatic carbocycles. The fourth-order valence-corrected chi connectivity index (χ4v) is 1.58. The lowest BCUT2D eigenvalue weighted by atomic mass is 9.95. The first-order chi connectivity index (χ1) is 5.36. The van der Waals surface area contributed by atoms with Crippen molar-refractivity contribution in [3.05, 3.63) is 23.3 Å². The van der Waals surface area contributed by atoms with Crippen molar-refractivity contribution < 1.29 is 0 Å². The maximum atomic E-state index is 2.40. The number of rotatable bonds is 3. The number of hydrogen-bond acceptors (Lipinski definition) is 0. The Morgan fingerprint density at radius 2 is 2.18 bits per heavy atom. The summed E-state index contributed by atoms with van der Waals surface area (Å²) in [6, 6.07) is 0. The van der Waals surface area contributed by atoms with Crippen molar-refractivity contribution in [3.8, 4) is 0 Å². The van der Waals surface area contributed by atoms with Gasteiger partial charge in [-0.05, 0) is 25.7 Å². The van der Waals surface area contributed by atoms with Crippen LogP contribution in [0.2, 0.25) is 0 Å². The molecule has 0 unspecified atom stereocenters. The Bertz CT molecular complexity index is 172. The molecule has 0 aromatic heterocycles. The lowest BCUT2D eigenvalue weighted by molar-refractivity contribution is 0.843. The van der Waals surface area contributed by atoms with Gasteiger partial charge in [0, 0.05) is 0 Å². The van der Waals surface area contributed by atoms with Gasteiger partial charge in [0.2, 0.25) is 0 Å². The molecule has 0 fully saturated rings. The molecule has 0 heterocycles. The lowest BCUT2D eigenvalue weighted by Crippen LogP contribution is -1.91. The molecule has 62 valence electrons. The molecule has 0 N–H and O–H groups in total. The van der Waals surface area contributed by atoms with Gasteiger partial charge in [-0.1, -0.05) is 43.6 Å². The van der Waals surface area contributed by atoms with Gasteiger partial charge in [-0.2, -0.15) is 0 Å². The highest BCUT2D eigenvalue weighted by molar-refractivity contribution is 5.27. The fourth-order valence-electron chi connectivity index (χ4n) is 1.58. The minimum atomic E-state index is 1.24. The van der Waals surface area contributed by atoms with Crippen molar-refractivity contribution in [2.75, 3.05) is 0 Å². The summed E-state index contributed by atoms with van der Waals surface area (Å²) in [5.74, 6) is 0. The zero-order chi connectivity index (χ0) is 8.10. The van der Waals surface area contributed by atoms with Crippen LogP contribution in [0.5, 0.6) is 0 Å². The molecular formula is C11H18. The van der Waals surface area contributed by atoms with Gasteiger partial charge in [-0.3, -0.25) is 0 Å². The summed E-state index contributed by atoms with van der Waals surface area (Å²) in [5.41, 5.74) is 3.20. The summed E-state index contributed by atoms with van der Waals surface area (Å²) in [4.78, 5) is 0. The molecule has 0 nitrogen and oxygen atoms in total. The highest BCUT2D eigenvalue weighted by atomic mass is 14.1. The van der Waals surface area contributed by atoms with Crippen LogP contribution in [-0.2, 0) is 0 Å². The van der Waals surface area contributed by atoms with Gasteiger partial charge in [0.1, 0.15) is 0 Å². The summed E-state index contributed by atoms with van der Waals surface area (Å²) in [5, 5.41) is 0. The maximum absolute atomic E-state index is 2.40. The van der Waals surface area contributed by atoms with Crippen molar-refractivity contribution in [3.63, 3.8) is 0 Å². The first-order valence-electron chi connectivity index (χ1n) is 4.75. The normalized spacial score (nSPS) is 17.6. The Kier molecular flexibility index (Phi) is 3.41. The molecule has 0 saturated carbocycles. The van der Waals surface area contributed by atoms with Crippen molar-refractivity contribution in [2.45, 2.75) is 46.0 Å². The second-order valence-electron chi connectivity index (χ2n) is 3.22. The van der Waals surface area contributed by atoms with E-state index >= 15 is 0 Å². The van der Waals surface area contributed by atoms with E-state index in [4.69, 9.17) is 0 Å². The van der Waals surface area contributed by atoms with Crippen molar-refractivity contribution >= 4 is 0 Å². The average molecular weight is 150 g/mol. The SMILES string of the molecule is CCCC1=CCCC(CC)=C1. The summed E-state index contributed by atoms with van der Waals surface area (Å²) in [6.07, 6.45) is 11.1. The number of hydrogen-bond donors (Lipinski definition) is 0. The summed E-state index contributed by atoms with van der Waals surface area (Å²) >= 11 is 0. The highest BCUT2D eigenvalue weighted by Gasteiger charge is 2.01. The van der Waals surface area contributed by atoms with E-state index in [0.717, 1.165) is 0 Å². The van der Waals surface area contributed by atoms with Crippen molar-refractivity contribution in [1.82, 2.24) is 0 Å². The quantitative estimate of drug-likeness (QED) is 0.573. The predicted octanol–water partition coefficient (Wildman–Crippen LogP) is 3.84. The van der Waals surface area contributed by atoms with Crippen LogP contribution in [0, 0.1) is 0 Å². The molecule has 0 amide bonds. The van der Waals surface area contributed by atoms with Gasteiger partial charge in [-0.15, -0.1) is 0 Å². The van der Waals surface area contributed by atoms with E-state index in [2.05, 4.69) is 26.0 Å². The van der Waals surface area contributed by atoms with Gasteiger partial charge in [-0.25, -0.2) is 0 Å². The van der Waals surface area contributed by atoms with Crippen LogP contribution in [0.4, 0.5) is 0 Å². The summed E-state index contributed by atoms with van der Waals surface area (Å²) in [7, 11) is 0. The third-order valence-corrected chi connectivity index (χ3v) is 2.25. The molecule has 1 aliphatic rings. The van der Waals surface area contributed by atoms with E-state index in [0.29, 0.717) is 0 Å². The molecule has 1 rings (SSSR count). The van der Waals surface area contributed by atoms with Gasteiger partial charge in [0.25, 0.3) is 0 Å². The van der Waals surface area contributed by atoms with Crippen LogP contribution in [0.3, 0.4) is 0 Å². The van der Waals surface area contributed by atoms with Crippen LogP contribution < -0.4 is 0 Å². The zero-order valence-corrected chi connectivity index (χ0v) is 7.69. The molecule has 0 heteroatoms. The smallest absolute Gasteiger partial charge is 0.0282 e. The molecule has 0 saturated heterocycles. The van der Waals surface area contributed by atoms with Crippen LogP contribution in [0.1, 0.15) is 46.0 Å². The van der Waals surface area contributed by atoms with E-state index < -0.39 is 0 Å². The highest BCUT2D eigenvalue weighted by Crippen LogP contribution is 2.22. The molecule has 11 heavy (non-hydrogen) atoms. The summed E-state index contributed by atoms with van der Waals surface area (Å²) in [6.45, 7) is 4.50. The Morgan fingerprint density at radius 1 is 1.36 bits per heavy atom. The van der Waals surface area contributed by atoms with Gasteiger partial charge < -0.3 is 0 Å². The lowest BCUT2D eigenvalue weighted by Gasteiger charge is -2.11. The van der Waals surface area contributed by atoms with E-state index in [1.165, 1.54) is 32.1 Å². The second kappa shape index (κ2) is 4.38. The zero-order valence-electron chi connectivity index (χ0n) is 7.69. The number of allylic oxidation sites excluding steroid dienone is 4. The van der Waals surface area contributed by atoms with Gasteiger partial charge in [0.15, 0.2) is 0 Å². The molecule has 0 aromatic carbocycles. The Morgan fingerprint density at radius 3 is 2.82 bits per heavy atom.